The predicted molar refractivity (Wildman–Crippen MR) is 103 cm³/mol. The Balaban J connectivity index is 1.53. The number of H-pyrrole nitrogens is 1. The number of rotatable bonds is 5. The molecule has 2 N–H and O–H groups in total. The van der Waals surface area contributed by atoms with Crippen LogP contribution >= 0.6 is 0 Å². The average molecular weight is 379 g/mol. The maximum atomic E-state index is 13.3. The highest BCUT2D eigenvalue weighted by Crippen LogP contribution is 2.41. The number of hydrogen-bond donors (Lipinski definition) is 2. The highest BCUT2D eigenvalue weighted by atomic mass is 19.1. The van der Waals surface area contributed by atoms with Crippen molar-refractivity contribution in [2.24, 2.45) is 0 Å². The number of amides is 1. The van der Waals surface area contributed by atoms with E-state index in [1.807, 2.05) is 19.1 Å². The van der Waals surface area contributed by atoms with Gasteiger partial charge in [-0.2, -0.15) is 5.10 Å². The molecule has 0 aliphatic heterocycles. The SMILES string of the molecule is C[C@H](NC(=O)C1(c2ccc(F)cc2)CCCC1)c1nc(-c2cccnc2)n[nH]1. The number of hydrogen-bond acceptors (Lipinski definition) is 4. The smallest absolute Gasteiger partial charge is 0.231 e. The summed E-state index contributed by atoms with van der Waals surface area (Å²) >= 11 is 0. The van der Waals surface area contributed by atoms with E-state index < -0.39 is 5.41 Å². The van der Waals surface area contributed by atoms with Crippen molar-refractivity contribution in [3.63, 3.8) is 0 Å². The largest absolute Gasteiger partial charge is 0.346 e. The summed E-state index contributed by atoms with van der Waals surface area (Å²) in [6.45, 7) is 1.87. The van der Waals surface area contributed by atoms with Crippen LogP contribution in [0.2, 0.25) is 0 Å². The number of benzene rings is 1. The first-order chi connectivity index (χ1) is 13.6. The molecule has 7 heteroatoms. The van der Waals surface area contributed by atoms with Crippen LogP contribution in [0, 0.1) is 5.82 Å². The van der Waals surface area contributed by atoms with E-state index in [0.29, 0.717) is 11.6 Å². The zero-order valence-corrected chi connectivity index (χ0v) is 15.7. The molecule has 1 aliphatic rings. The minimum absolute atomic E-state index is 0.0524. The van der Waals surface area contributed by atoms with Gasteiger partial charge in [0.25, 0.3) is 0 Å². The maximum absolute atomic E-state index is 13.3. The summed E-state index contributed by atoms with van der Waals surface area (Å²) in [7, 11) is 0. The fourth-order valence-corrected chi connectivity index (χ4v) is 3.89. The molecule has 0 saturated heterocycles. The van der Waals surface area contributed by atoms with Crippen molar-refractivity contribution in [3.8, 4) is 11.4 Å². The molecule has 6 nitrogen and oxygen atoms in total. The molecular weight excluding hydrogens is 357 g/mol. The molecule has 0 spiro atoms. The van der Waals surface area contributed by atoms with Gasteiger partial charge in [0, 0.05) is 18.0 Å². The third-order valence-corrected chi connectivity index (χ3v) is 5.47. The van der Waals surface area contributed by atoms with Crippen molar-refractivity contribution in [1.29, 1.82) is 0 Å². The fraction of sp³-hybridized carbons (Fsp3) is 0.333. The number of aromatic nitrogens is 4. The Labute approximate surface area is 162 Å². The van der Waals surface area contributed by atoms with Crippen LogP contribution < -0.4 is 5.32 Å². The zero-order valence-electron chi connectivity index (χ0n) is 15.7. The second-order valence-electron chi connectivity index (χ2n) is 7.28. The van der Waals surface area contributed by atoms with Crippen molar-refractivity contribution < 1.29 is 9.18 Å². The van der Waals surface area contributed by atoms with Gasteiger partial charge < -0.3 is 5.32 Å². The lowest BCUT2D eigenvalue weighted by molar-refractivity contribution is -0.127. The van der Waals surface area contributed by atoms with Gasteiger partial charge in [0.2, 0.25) is 5.91 Å². The highest BCUT2D eigenvalue weighted by Gasteiger charge is 2.43. The zero-order chi connectivity index (χ0) is 19.6. The molecule has 0 unspecified atom stereocenters. The lowest BCUT2D eigenvalue weighted by Crippen LogP contribution is -2.43. The molecule has 2 heterocycles. The first-order valence-corrected chi connectivity index (χ1v) is 9.48. The molecule has 1 saturated carbocycles. The van der Waals surface area contributed by atoms with Crippen LogP contribution in [0.25, 0.3) is 11.4 Å². The molecule has 2 aromatic heterocycles. The molecule has 4 rings (SSSR count). The van der Waals surface area contributed by atoms with E-state index in [1.165, 1.54) is 12.1 Å². The van der Waals surface area contributed by atoms with E-state index in [1.54, 1.807) is 24.5 Å². The van der Waals surface area contributed by atoms with E-state index in [9.17, 15) is 9.18 Å². The minimum Gasteiger partial charge on any atom is -0.346 e. The molecule has 1 aromatic carbocycles. The highest BCUT2D eigenvalue weighted by molar-refractivity contribution is 5.88. The minimum atomic E-state index is -0.617. The lowest BCUT2D eigenvalue weighted by Gasteiger charge is -2.29. The van der Waals surface area contributed by atoms with Gasteiger partial charge in [-0.25, -0.2) is 9.37 Å². The Hall–Kier alpha value is -3.09. The first kappa shape index (κ1) is 18.3. The van der Waals surface area contributed by atoms with E-state index >= 15 is 0 Å². The Bertz CT molecular complexity index is 948. The van der Waals surface area contributed by atoms with Gasteiger partial charge in [0.15, 0.2) is 5.82 Å². The van der Waals surface area contributed by atoms with Gasteiger partial charge >= 0.3 is 0 Å². The molecule has 0 bridgehead atoms. The van der Waals surface area contributed by atoms with Gasteiger partial charge in [-0.1, -0.05) is 25.0 Å². The van der Waals surface area contributed by atoms with Crippen LogP contribution in [0.3, 0.4) is 0 Å². The van der Waals surface area contributed by atoms with Crippen LogP contribution in [0.1, 0.15) is 50.0 Å². The van der Waals surface area contributed by atoms with Crippen LogP contribution in [-0.4, -0.2) is 26.1 Å². The predicted octanol–water partition coefficient (Wildman–Crippen LogP) is 3.70. The third kappa shape index (κ3) is 3.40. The topological polar surface area (TPSA) is 83.6 Å². The number of aromatic amines is 1. The summed E-state index contributed by atoms with van der Waals surface area (Å²) < 4.78 is 13.3. The van der Waals surface area contributed by atoms with Crippen LogP contribution in [0.4, 0.5) is 4.39 Å². The Morgan fingerprint density at radius 2 is 1.96 bits per heavy atom. The normalized spacial score (nSPS) is 16.6. The van der Waals surface area contributed by atoms with Crippen LogP contribution in [0.5, 0.6) is 0 Å². The Morgan fingerprint density at radius 1 is 1.21 bits per heavy atom. The summed E-state index contributed by atoms with van der Waals surface area (Å²) in [4.78, 5) is 21.8. The number of nitrogens with one attached hydrogen (secondary N) is 2. The van der Waals surface area contributed by atoms with Crippen molar-refractivity contribution in [2.75, 3.05) is 0 Å². The number of pyridine rings is 1. The quantitative estimate of drug-likeness (QED) is 0.708. The fourth-order valence-electron chi connectivity index (χ4n) is 3.89. The average Bonchev–Trinajstić information content (AvgIpc) is 3.40. The maximum Gasteiger partial charge on any atom is 0.231 e. The lowest BCUT2D eigenvalue weighted by atomic mass is 9.78. The van der Waals surface area contributed by atoms with E-state index in [4.69, 9.17) is 0 Å². The van der Waals surface area contributed by atoms with Gasteiger partial charge in [-0.15, -0.1) is 0 Å². The Morgan fingerprint density at radius 3 is 2.64 bits per heavy atom. The summed E-state index contributed by atoms with van der Waals surface area (Å²) in [6.07, 6.45) is 6.86. The van der Waals surface area contributed by atoms with Crippen LogP contribution in [0.15, 0.2) is 48.8 Å². The summed E-state index contributed by atoms with van der Waals surface area (Å²) in [6, 6.07) is 9.66. The van der Waals surface area contributed by atoms with E-state index in [-0.39, 0.29) is 17.8 Å². The number of nitrogens with zero attached hydrogens (tertiary/aromatic N) is 3. The van der Waals surface area contributed by atoms with Crippen molar-refractivity contribution in [1.82, 2.24) is 25.5 Å². The summed E-state index contributed by atoms with van der Waals surface area (Å²) in [5.74, 6) is 0.775. The van der Waals surface area contributed by atoms with Crippen molar-refractivity contribution >= 4 is 5.91 Å². The molecule has 1 amide bonds. The molecule has 28 heavy (non-hydrogen) atoms. The molecule has 1 aliphatic carbocycles. The van der Waals surface area contributed by atoms with Gasteiger partial charge in [-0.05, 0) is 49.6 Å². The molecule has 1 atom stereocenters. The first-order valence-electron chi connectivity index (χ1n) is 9.48. The molecular formula is C21H22FN5O. The second kappa shape index (κ2) is 7.50. The Kier molecular flexibility index (Phi) is 4.90. The third-order valence-electron chi connectivity index (χ3n) is 5.47. The van der Waals surface area contributed by atoms with Crippen LogP contribution in [-0.2, 0) is 10.2 Å². The van der Waals surface area contributed by atoms with Crippen molar-refractivity contribution in [2.45, 2.75) is 44.1 Å². The molecule has 3 aromatic rings. The monoisotopic (exact) mass is 379 g/mol. The summed E-state index contributed by atoms with van der Waals surface area (Å²) in [5, 5.41) is 10.2. The number of halogens is 1. The molecule has 1 fully saturated rings. The standard InChI is InChI=1S/C21H22FN5O/c1-14(18-25-19(27-26-18)15-5-4-12-23-13-15)24-20(28)21(10-2-3-11-21)16-6-8-17(22)9-7-16/h4-9,12-14H,2-3,10-11H2,1H3,(H,24,28)(H,25,26,27)/t14-/m0/s1. The van der Waals surface area contributed by atoms with Gasteiger partial charge in [-0.3, -0.25) is 14.9 Å². The second-order valence-corrected chi connectivity index (χ2v) is 7.28. The van der Waals surface area contributed by atoms with Gasteiger partial charge in [0.05, 0.1) is 11.5 Å². The molecule has 144 valence electrons. The van der Waals surface area contributed by atoms with E-state index in [2.05, 4.69) is 25.5 Å². The van der Waals surface area contributed by atoms with E-state index in [0.717, 1.165) is 36.8 Å². The van der Waals surface area contributed by atoms with Gasteiger partial charge in [0.1, 0.15) is 11.6 Å². The van der Waals surface area contributed by atoms with Crippen molar-refractivity contribution in [3.05, 3.63) is 66.0 Å². The number of carbonyl (C=O) groups excluding carboxylic acids is 1. The molecule has 0 radical (unpaired) electrons. The number of carbonyl (C=O) groups is 1. The summed E-state index contributed by atoms with van der Waals surface area (Å²) in [5.41, 5.74) is 1.06.